The molecule has 0 aliphatic carbocycles. The first-order chi connectivity index (χ1) is 12.6. The molecule has 0 unspecified atom stereocenters. The fraction of sp³-hybridized carbons (Fsp3) is 0.294. The monoisotopic (exact) mass is 381 g/mol. The molecule has 3 rings (SSSR count). The lowest BCUT2D eigenvalue weighted by molar-refractivity contribution is -0.144. The maximum atomic E-state index is 12.9. The van der Waals surface area contributed by atoms with Gasteiger partial charge in [0.2, 0.25) is 5.91 Å². The summed E-state index contributed by atoms with van der Waals surface area (Å²) in [7, 11) is 0. The molecule has 6 nitrogen and oxygen atoms in total. The Morgan fingerprint density at radius 1 is 1.15 bits per heavy atom. The number of carbonyl (C=O) groups excluding carboxylic acids is 1. The number of nitrogens with one attached hydrogen (secondary N) is 1. The van der Waals surface area contributed by atoms with E-state index in [1.165, 1.54) is 24.3 Å². The largest absolute Gasteiger partial charge is 0.453 e. The number of halogens is 4. The van der Waals surface area contributed by atoms with E-state index < -0.39 is 17.8 Å². The summed E-state index contributed by atoms with van der Waals surface area (Å²) in [5.74, 6) is -2.12. The third kappa shape index (κ3) is 4.04. The number of rotatable bonds is 4. The van der Waals surface area contributed by atoms with E-state index in [-0.39, 0.29) is 24.5 Å². The van der Waals surface area contributed by atoms with Crippen LogP contribution in [0.1, 0.15) is 29.2 Å². The molecule has 10 heteroatoms. The minimum atomic E-state index is -4.66. The number of anilines is 1. The highest BCUT2D eigenvalue weighted by Gasteiger charge is 2.36. The van der Waals surface area contributed by atoms with Crippen LogP contribution in [0.3, 0.4) is 0 Å². The Labute approximate surface area is 151 Å². The molecule has 0 saturated carbocycles. The number of aryl methyl sites for hydroxylation is 2. The van der Waals surface area contributed by atoms with Gasteiger partial charge in [0.15, 0.2) is 0 Å². The molecule has 0 radical (unpaired) electrons. The summed E-state index contributed by atoms with van der Waals surface area (Å²) in [4.78, 5) is 19.6. The lowest BCUT2D eigenvalue weighted by Crippen LogP contribution is -2.14. The summed E-state index contributed by atoms with van der Waals surface area (Å²) < 4.78 is 52.3. The molecular weight excluding hydrogens is 366 g/mol. The summed E-state index contributed by atoms with van der Waals surface area (Å²) in [6, 6.07) is 5.33. The van der Waals surface area contributed by atoms with E-state index >= 15 is 0 Å². The van der Waals surface area contributed by atoms with Gasteiger partial charge in [-0.15, -0.1) is 5.10 Å². The van der Waals surface area contributed by atoms with Crippen LogP contribution >= 0.6 is 0 Å². The van der Waals surface area contributed by atoms with E-state index in [2.05, 4.69) is 20.4 Å². The quantitative estimate of drug-likeness (QED) is 0.703. The lowest BCUT2D eigenvalue weighted by atomic mass is 10.1. The number of nitrogens with zero attached hydrogens (tertiary/aromatic N) is 4. The fourth-order valence-electron chi connectivity index (χ4n) is 2.69. The lowest BCUT2D eigenvalue weighted by Gasteiger charge is -2.10. The summed E-state index contributed by atoms with van der Waals surface area (Å²) >= 11 is 0. The molecule has 0 bridgehead atoms. The van der Waals surface area contributed by atoms with E-state index in [1.54, 1.807) is 13.8 Å². The molecule has 2 aromatic heterocycles. The van der Waals surface area contributed by atoms with Gasteiger partial charge >= 0.3 is 6.18 Å². The summed E-state index contributed by atoms with van der Waals surface area (Å²) in [5, 5.41) is 6.10. The number of benzene rings is 1. The van der Waals surface area contributed by atoms with Crippen LogP contribution in [0.25, 0.3) is 5.78 Å². The Bertz CT molecular complexity index is 995. The summed E-state index contributed by atoms with van der Waals surface area (Å²) in [6.45, 7) is 3.24. The predicted molar refractivity (Wildman–Crippen MR) is 88.6 cm³/mol. The van der Waals surface area contributed by atoms with Crippen LogP contribution in [0.2, 0.25) is 0 Å². The van der Waals surface area contributed by atoms with Crippen molar-refractivity contribution in [2.45, 2.75) is 32.9 Å². The standard InChI is InChI=1S/C17H15F4N5O/c1-9-13(7-8-14(27)23-12-5-3-11(18)4-6-12)10(2)26-16(22-9)24-15(25-26)17(19,20)21/h3-6H,7-8H2,1-2H3,(H,23,27). The van der Waals surface area contributed by atoms with Gasteiger partial charge in [0.25, 0.3) is 11.6 Å². The summed E-state index contributed by atoms with van der Waals surface area (Å²) in [5.41, 5.74) is 2.00. The minimum absolute atomic E-state index is 0.0765. The number of aromatic nitrogens is 4. The third-order valence-electron chi connectivity index (χ3n) is 4.03. The number of amides is 1. The van der Waals surface area contributed by atoms with Gasteiger partial charge in [-0.3, -0.25) is 4.79 Å². The van der Waals surface area contributed by atoms with Crippen LogP contribution in [0.4, 0.5) is 23.2 Å². The van der Waals surface area contributed by atoms with Crippen molar-refractivity contribution in [3.05, 3.63) is 52.9 Å². The van der Waals surface area contributed by atoms with E-state index in [1.807, 2.05) is 0 Å². The van der Waals surface area contributed by atoms with Gasteiger partial charge in [0.05, 0.1) is 0 Å². The van der Waals surface area contributed by atoms with Crippen LogP contribution in [0.15, 0.2) is 24.3 Å². The Hall–Kier alpha value is -3.04. The first-order valence-electron chi connectivity index (χ1n) is 8.00. The molecular formula is C17H15F4N5O. The number of alkyl halides is 3. The SMILES string of the molecule is Cc1nc2nc(C(F)(F)F)nn2c(C)c1CCC(=O)Nc1ccc(F)cc1. The molecule has 0 saturated heterocycles. The Kier molecular flexibility index (Phi) is 4.81. The third-order valence-corrected chi connectivity index (χ3v) is 4.03. The van der Waals surface area contributed by atoms with E-state index in [0.717, 1.165) is 4.52 Å². The zero-order chi connectivity index (χ0) is 19.8. The molecule has 1 amide bonds. The molecule has 2 heterocycles. The topological polar surface area (TPSA) is 72.2 Å². The smallest absolute Gasteiger partial charge is 0.326 e. The van der Waals surface area contributed by atoms with Crippen molar-refractivity contribution in [3.63, 3.8) is 0 Å². The molecule has 1 N–H and O–H groups in total. The maximum Gasteiger partial charge on any atom is 0.453 e. The number of hydrogen-bond donors (Lipinski definition) is 1. The Morgan fingerprint density at radius 2 is 1.81 bits per heavy atom. The molecule has 0 aliphatic heterocycles. The first kappa shape index (κ1) is 18.7. The average Bonchev–Trinajstić information content (AvgIpc) is 3.01. The first-order valence-corrected chi connectivity index (χ1v) is 8.00. The molecule has 0 spiro atoms. The molecule has 142 valence electrons. The fourth-order valence-corrected chi connectivity index (χ4v) is 2.69. The van der Waals surface area contributed by atoms with Crippen molar-refractivity contribution in [2.24, 2.45) is 0 Å². The van der Waals surface area contributed by atoms with Gasteiger partial charge in [0.1, 0.15) is 5.82 Å². The molecule has 1 aromatic carbocycles. The normalized spacial score (nSPS) is 11.8. The van der Waals surface area contributed by atoms with Crippen molar-refractivity contribution in [2.75, 3.05) is 5.32 Å². The van der Waals surface area contributed by atoms with Crippen LogP contribution in [0, 0.1) is 19.7 Å². The van der Waals surface area contributed by atoms with E-state index in [9.17, 15) is 22.4 Å². The number of fused-ring (bicyclic) bond motifs is 1. The molecule has 0 fully saturated rings. The van der Waals surface area contributed by atoms with Crippen LogP contribution in [-0.4, -0.2) is 25.5 Å². The highest BCUT2D eigenvalue weighted by atomic mass is 19.4. The van der Waals surface area contributed by atoms with Gasteiger partial charge in [-0.25, -0.2) is 13.9 Å². The van der Waals surface area contributed by atoms with Crippen molar-refractivity contribution in [1.29, 1.82) is 0 Å². The van der Waals surface area contributed by atoms with Crippen LogP contribution in [-0.2, 0) is 17.4 Å². The molecule has 27 heavy (non-hydrogen) atoms. The van der Waals surface area contributed by atoms with Gasteiger partial charge in [0, 0.05) is 23.5 Å². The van der Waals surface area contributed by atoms with Crippen molar-refractivity contribution < 1.29 is 22.4 Å². The molecule has 0 atom stereocenters. The van der Waals surface area contributed by atoms with Crippen LogP contribution in [0.5, 0.6) is 0 Å². The number of hydrogen-bond acceptors (Lipinski definition) is 4. The van der Waals surface area contributed by atoms with Crippen molar-refractivity contribution in [1.82, 2.24) is 19.6 Å². The molecule has 3 aromatic rings. The van der Waals surface area contributed by atoms with Crippen molar-refractivity contribution >= 4 is 17.4 Å². The maximum absolute atomic E-state index is 12.9. The highest BCUT2D eigenvalue weighted by molar-refractivity contribution is 5.90. The highest BCUT2D eigenvalue weighted by Crippen LogP contribution is 2.27. The van der Waals surface area contributed by atoms with Gasteiger partial charge in [-0.1, -0.05) is 0 Å². The Balaban J connectivity index is 1.78. The van der Waals surface area contributed by atoms with E-state index in [4.69, 9.17) is 0 Å². The predicted octanol–water partition coefficient (Wildman–Crippen LogP) is 3.47. The molecule has 0 aliphatic rings. The number of carbonyl (C=O) groups is 1. The van der Waals surface area contributed by atoms with Gasteiger partial charge < -0.3 is 5.32 Å². The van der Waals surface area contributed by atoms with Gasteiger partial charge in [-0.2, -0.15) is 18.2 Å². The van der Waals surface area contributed by atoms with E-state index in [0.29, 0.717) is 22.6 Å². The zero-order valence-corrected chi connectivity index (χ0v) is 14.4. The average molecular weight is 381 g/mol. The minimum Gasteiger partial charge on any atom is -0.326 e. The second kappa shape index (κ2) is 6.93. The Morgan fingerprint density at radius 3 is 2.44 bits per heavy atom. The zero-order valence-electron chi connectivity index (χ0n) is 14.4. The van der Waals surface area contributed by atoms with Gasteiger partial charge in [-0.05, 0) is 50.1 Å². The van der Waals surface area contributed by atoms with Crippen LogP contribution < -0.4 is 5.32 Å². The second-order valence-corrected chi connectivity index (χ2v) is 5.96. The second-order valence-electron chi connectivity index (χ2n) is 5.96. The van der Waals surface area contributed by atoms with Crippen molar-refractivity contribution in [3.8, 4) is 0 Å². The summed E-state index contributed by atoms with van der Waals surface area (Å²) in [6.07, 6.45) is -4.33.